The quantitative estimate of drug-likeness (QED) is 0.482. The van der Waals surface area contributed by atoms with Crippen LogP contribution in [0.5, 0.6) is 0 Å². The molecule has 0 atom stereocenters. The van der Waals surface area contributed by atoms with Crippen LogP contribution in [0.15, 0.2) is 65.5 Å². The topological polar surface area (TPSA) is 76.0 Å². The van der Waals surface area contributed by atoms with Crippen LogP contribution in [0.25, 0.3) is 16.6 Å². The molecular formula is C25H24N4O2. The van der Waals surface area contributed by atoms with E-state index < -0.39 is 0 Å². The second-order valence-electron chi connectivity index (χ2n) is 7.71. The molecule has 31 heavy (non-hydrogen) atoms. The molecule has 156 valence electrons. The number of para-hydroxylation sites is 1. The zero-order valence-electron chi connectivity index (χ0n) is 18.0. The minimum absolute atomic E-state index is 0.115. The summed E-state index contributed by atoms with van der Waals surface area (Å²) in [5.41, 5.74) is 5.63. The van der Waals surface area contributed by atoms with E-state index in [0.717, 1.165) is 22.4 Å². The lowest BCUT2D eigenvalue weighted by Gasteiger charge is -2.15. The van der Waals surface area contributed by atoms with Crippen molar-refractivity contribution in [1.82, 2.24) is 9.55 Å². The van der Waals surface area contributed by atoms with Gasteiger partial charge in [-0.3, -0.25) is 9.36 Å². The smallest absolute Gasteiger partial charge is 0.307 e. The van der Waals surface area contributed by atoms with E-state index in [0.29, 0.717) is 28.1 Å². The summed E-state index contributed by atoms with van der Waals surface area (Å²) in [7, 11) is 0. The van der Waals surface area contributed by atoms with Crippen LogP contribution in [0, 0.1) is 27.7 Å². The molecule has 6 heteroatoms. The number of urea groups is 1. The van der Waals surface area contributed by atoms with Gasteiger partial charge in [-0.2, -0.15) is 0 Å². The van der Waals surface area contributed by atoms with Gasteiger partial charge in [-0.15, -0.1) is 0 Å². The van der Waals surface area contributed by atoms with E-state index in [1.165, 1.54) is 0 Å². The number of nitrogens with zero attached hydrogens (tertiary/aromatic N) is 2. The Labute approximate surface area is 180 Å². The summed E-state index contributed by atoms with van der Waals surface area (Å²) >= 11 is 0. The Hall–Kier alpha value is -3.93. The zero-order chi connectivity index (χ0) is 22.1. The molecule has 0 aliphatic carbocycles. The molecule has 0 unspecified atom stereocenters. The van der Waals surface area contributed by atoms with Gasteiger partial charge in [0.05, 0.1) is 16.6 Å². The third-order valence-corrected chi connectivity index (χ3v) is 5.30. The molecule has 4 aromatic rings. The number of nitrogens with one attached hydrogen (secondary N) is 2. The first-order valence-corrected chi connectivity index (χ1v) is 10.1. The summed E-state index contributed by atoms with van der Waals surface area (Å²) in [6.07, 6.45) is 0. The molecule has 0 saturated carbocycles. The van der Waals surface area contributed by atoms with E-state index in [-0.39, 0.29) is 11.6 Å². The Balaban J connectivity index is 1.62. The molecule has 0 aliphatic heterocycles. The van der Waals surface area contributed by atoms with Crippen LogP contribution in [0.2, 0.25) is 0 Å². The van der Waals surface area contributed by atoms with Crippen LogP contribution >= 0.6 is 0 Å². The number of fused-ring (bicyclic) bond motifs is 1. The molecular weight excluding hydrogens is 388 g/mol. The average molecular weight is 412 g/mol. The van der Waals surface area contributed by atoms with Crippen molar-refractivity contribution in [3.63, 3.8) is 0 Å². The second-order valence-corrected chi connectivity index (χ2v) is 7.71. The van der Waals surface area contributed by atoms with Crippen molar-refractivity contribution in [3.8, 4) is 5.69 Å². The van der Waals surface area contributed by atoms with Crippen LogP contribution < -0.4 is 16.2 Å². The molecule has 4 rings (SSSR count). The maximum absolute atomic E-state index is 13.0. The fourth-order valence-corrected chi connectivity index (χ4v) is 3.62. The number of benzene rings is 3. The fraction of sp³-hybridized carbons (Fsp3) is 0.160. The highest BCUT2D eigenvalue weighted by atomic mass is 16.2. The van der Waals surface area contributed by atoms with Gasteiger partial charge in [-0.1, -0.05) is 24.3 Å². The standard InChI is InChI=1S/C25H24N4O2/c1-15-9-10-16(2)23(13-15)28-25(31)27-21-12-11-19(14-17(21)3)29-18(4)26-22-8-6-5-7-20(22)24(29)30/h5-14H,1-4H3,(H2,27,28,31). The van der Waals surface area contributed by atoms with Gasteiger partial charge in [0.25, 0.3) is 5.56 Å². The lowest BCUT2D eigenvalue weighted by Crippen LogP contribution is -2.23. The summed E-state index contributed by atoms with van der Waals surface area (Å²) in [4.78, 5) is 30.1. The molecule has 0 bridgehead atoms. The molecule has 0 aliphatic rings. The van der Waals surface area contributed by atoms with Crippen molar-refractivity contribution in [2.45, 2.75) is 27.7 Å². The van der Waals surface area contributed by atoms with Gasteiger partial charge < -0.3 is 10.6 Å². The minimum Gasteiger partial charge on any atom is -0.307 e. The predicted molar refractivity (Wildman–Crippen MR) is 125 cm³/mol. The predicted octanol–water partition coefficient (Wildman–Crippen LogP) is 5.26. The van der Waals surface area contributed by atoms with E-state index >= 15 is 0 Å². The first-order chi connectivity index (χ1) is 14.8. The van der Waals surface area contributed by atoms with Crippen LogP contribution in [0.1, 0.15) is 22.5 Å². The van der Waals surface area contributed by atoms with Gasteiger partial charge in [0.1, 0.15) is 5.82 Å². The van der Waals surface area contributed by atoms with E-state index in [1.54, 1.807) is 16.7 Å². The lowest BCUT2D eigenvalue weighted by molar-refractivity contribution is 0.262. The second kappa shape index (κ2) is 8.07. The highest BCUT2D eigenvalue weighted by Gasteiger charge is 2.12. The molecule has 0 radical (unpaired) electrons. The molecule has 6 nitrogen and oxygen atoms in total. The zero-order valence-corrected chi connectivity index (χ0v) is 18.0. The number of hydrogen-bond donors (Lipinski definition) is 2. The first-order valence-electron chi connectivity index (χ1n) is 10.1. The minimum atomic E-state index is -0.315. The Morgan fingerprint density at radius 2 is 1.58 bits per heavy atom. The molecule has 2 N–H and O–H groups in total. The monoisotopic (exact) mass is 412 g/mol. The Morgan fingerprint density at radius 1 is 0.839 bits per heavy atom. The molecule has 1 aromatic heterocycles. The normalized spacial score (nSPS) is 10.8. The van der Waals surface area contributed by atoms with Gasteiger partial charge in [-0.25, -0.2) is 9.78 Å². The van der Waals surface area contributed by atoms with Crippen molar-refractivity contribution < 1.29 is 4.79 Å². The molecule has 1 heterocycles. The van der Waals surface area contributed by atoms with Crippen molar-refractivity contribution in [3.05, 3.63) is 93.5 Å². The van der Waals surface area contributed by atoms with Crippen LogP contribution in [-0.4, -0.2) is 15.6 Å². The first kappa shape index (κ1) is 20.3. The SMILES string of the molecule is Cc1ccc(C)c(NC(=O)Nc2ccc(-n3c(C)nc4ccccc4c3=O)cc2C)c1. The number of aromatic nitrogens is 2. The number of carbonyl (C=O) groups excluding carboxylic acids is 1. The van der Waals surface area contributed by atoms with Crippen molar-refractivity contribution in [2.24, 2.45) is 0 Å². The average Bonchev–Trinajstić information content (AvgIpc) is 2.72. The largest absolute Gasteiger partial charge is 0.323 e. The summed E-state index contributed by atoms with van der Waals surface area (Å²) in [5, 5.41) is 6.36. The summed E-state index contributed by atoms with van der Waals surface area (Å²) in [6.45, 7) is 7.64. The Kier molecular flexibility index (Phi) is 5.29. The van der Waals surface area contributed by atoms with Gasteiger partial charge in [0, 0.05) is 11.4 Å². The summed E-state index contributed by atoms with van der Waals surface area (Å²) < 4.78 is 1.59. The van der Waals surface area contributed by atoms with Crippen molar-refractivity contribution >= 4 is 28.3 Å². The number of aryl methyl sites for hydroxylation is 4. The van der Waals surface area contributed by atoms with Crippen molar-refractivity contribution in [1.29, 1.82) is 0 Å². The number of carbonyl (C=O) groups is 1. The highest BCUT2D eigenvalue weighted by molar-refractivity contribution is 6.00. The summed E-state index contributed by atoms with van der Waals surface area (Å²) in [5.74, 6) is 0.608. The Bertz CT molecular complexity index is 1370. The fourth-order valence-electron chi connectivity index (χ4n) is 3.62. The van der Waals surface area contributed by atoms with Crippen LogP contribution in [-0.2, 0) is 0 Å². The van der Waals surface area contributed by atoms with Gasteiger partial charge >= 0.3 is 6.03 Å². The van der Waals surface area contributed by atoms with Crippen molar-refractivity contribution in [2.75, 3.05) is 10.6 Å². The number of rotatable bonds is 3. The number of hydrogen-bond acceptors (Lipinski definition) is 3. The van der Waals surface area contributed by atoms with E-state index in [2.05, 4.69) is 15.6 Å². The number of anilines is 2. The van der Waals surface area contributed by atoms with Crippen LogP contribution in [0.4, 0.5) is 16.2 Å². The maximum atomic E-state index is 13.0. The molecule has 0 saturated heterocycles. The third kappa shape index (κ3) is 4.05. The Morgan fingerprint density at radius 3 is 2.35 bits per heavy atom. The number of amides is 2. The van der Waals surface area contributed by atoms with E-state index in [1.807, 2.05) is 76.2 Å². The summed E-state index contributed by atoms with van der Waals surface area (Å²) in [6, 6.07) is 18.4. The molecule has 0 fully saturated rings. The molecule has 0 spiro atoms. The third-order valence-electron chi connectivity index (χ3n) is 5.30. The van der Waals surface area contributed by atoms with Gasteiger partial charge in [0.15, 0.2) is 0 Å². The van der Waals surface area contributed by atoms with E-state index in [4.69, 9.17) is 0 Å². The lowest BCUT2D eigenvalue weighted by atomic mass is 10.1. The highest BCUT2D eigenvalue weighted by Crippen LogP contribution is 2.21. The van der Waals surface area contributed by atoms with Crippen LogP contribution in [0.3, 0.4) is 0 Å². The van der Waals surface area contributed by atoms with Gasteiger partial charge in [0.2, 0.25) is 0 Å². The maximum Gasteiger partial charge on any atom is 0.323 e. The molecule has 3 aromatic carbocycles. The molecule has 2 amide bonds. The van der Waals surface area contributed by atoms with Gasteiger partial charge in [-0.05, 0) is 80.8 Å². The van der Waals surface area contributed by atoms with E-state index in [9.17, 15) is 9.59 Å².